The van der Waals surface area contributed by atoms with Crippen LogP contribution in [0.1, 0.15) is 25.8 Å². The lowest BCUT2D eigenvalue weighted by Gasteiger charge is -2.27. The van der Waals surface area contributed by atoms with Crippen molar-refractivity contribution >= 4 is 42.4 Å². The number of benzene rings is 2. The van der Waals surface area contributed by atoms with Gasteiger partial charge in [0.15, 0.2) is 15.0 Å². The van der Waals surface area contributed by atoms with Crippen LogP contribution in [0.2, 0.25) is 0 Å². The summed E-state index contributed by atoms with van der Waals surface area (Å²) in [6.07, 6.45) is 0.841. The Morgan fingerprint density at radius 2 is 1.89 bits per heavy atom. The van der Waals surface area contributed by atoms with E-state index in [1.807, 2.05) is 0 Å². The molecule has 0 spiro atoms. The summed E-state index contributed by atoms with van der Waals surface area (Å²) in [6, 6.07) is 11.2. The number of hydrogen-bond donors (Lipinski definition) is 0. The van der Waals surface area contributed by atoms with Crippen molar-refractivity contribution in [2.75, 3.05) is 44.3 Å². The summed E-state index contributed by atoms with van der Waals surface area (Å²) in [4.78, 5) is 22.0. The second-order valence-electron chi connectivity index (χ2n) is 8.85. The molecule has 0 aliphatic carbocycles. The molecule has 0 bridgehead atoms. The van der Waals surface area contributed by atoms with E-state index in [4.69, 9.17) is 4.74 Å². The lowest BCUT2D eigenvalue weighted by atomic mass is 10.1. The highest BCUT2D eigenvalue weighted by Gasteiger charge is 2.23. The van der Waals surface area contributed by atoms with Gasteiger partial charge < -0.3 is 4.74 Å². The van der Waals surface area contributed by atoms with E-state index in [0.717, 1.165) is 26.1 Å². The molecule has 1 fully saturated rings. The molecule has 10 heteroatoms. The highest BCUT2D eigenvalue weighted by Crippen LogP contribution is 2.31. The fourth-order valence-electron chi connectivity index (χ4n) is 3.96. The molecule has 0 radical (unpaired) electrons. The average molecular weight is 520 g/mol. The maximum Gasteiger partial charge on any atom is 0.233 e. The Morgan fingerprint density at radius 3 is 2.54 bits per heavy atom. The molecule has 1 aliphatic rings. The van der Waals surface area contributed by atoms with Crippen LogP contribution in [0, 0.1) is 5.82 Å². The number of thiazole rings is 1. The van der Waals surface area contributed by atoms with Gasteiger partial charge in [-0.25, -0.2) is 17.8 Å². The Balaban J connectivity index is 1.52. The Bertz CT molecular complexity index is 1270. The highest BCUT2D eigenvalue weighted by molar-refractivity contribution is 7.92. The molecule has 1 saturated heterocycles. The van der Waals surface area contributed by atoms with E-state index in [0.29, 0.717) is 35.2 Å². The molecule has 7 nitrogen and oxygen atoms in total. The first kappa shape index (κ1) is 25.7. The van der Waals surface area contributed by atoms with Gasteiger partial charge in [-0.1, -0.05) is 29.5 Å². The molecule has 0 atom stereocenters. The number of amides is 1. The van der Waals surface area contributed by atoms with E-state index in [9.17, 15) is 17.6 Å². The monoisotopic (exact) mass is 519 g/mol. The first-order chi connectivity index (χ1) is 16.8. The van der Waals surface area contributed by atoms with Crippen molar-refractivity contribution in [1.29, 1.82) is 0 Å². The first-order valence-electron chi connectivity index (χ1n) is 11.7. The van der Waals surface area contributed by atoms with Crippen LogP contribution in [0.3, 0.4) is 0 Å². The Labute approximate surface area is 209 Å². The number of anilines is 1. The molecule has 1 aliphatic heterocycles. The Kier molecular flexibility index (Phi) is 8.16. The minimum atomic E-state index is -3.38. The smallest absolute Gasteiger partial charge is 0.233 e. The molecule has 0 unspecified atom stereocenters. The quantitative estimate of drug-likeness (QED) is 0.427. The van der Waals surface area contributed by atoms with Crippen LogP contribution < -0.4 is 4.90 Å². The van der Waals surface area contributed by atoms with E-state index in [2.05, 4.69) is 9.88 Å². The third-order valence-electron chi connectivity index (χ3n) is 6.08. The zero-order chi connectivity index (χ0) is 25.0. The van der Waals surface area contributed by atoms with Gasteiger partial charge in [0.25, 0.3) is 0 Å². The molecule has 2 heterocycles. The summed E-state index contributed by atoms with van der Waals surface area (Å²) in [5.74, 6) is -0.571. The number of fused-ring (bicyclic) bond motifs is 1. The molecular weight excluding hydrogens is 489 g/mol. The van der Waals surface area contributed by atoms with Crippen molar-refractivity contribution in [3.05, 3.63) is 53.8 Å². The molecule has 3 aromatic rings. The van der Waals surface area contributed by atoms with Crippen LogP contribution in [0.15, 0.2) is 47.4 Å². The van der Waals surface area contributed by atoms with Crippen LogP contribution >= 0.6 is 11.3 Å². The van der Waals surface area contributed by atoms with Gasteiger partial charge in [-0.2, -0.15) is 0 Å². The molecule has 0 N–H and O–H groups in total. The van der Waals surface area contributed by atoms with Gasteiger partial charge in [0, 0.05) is 26.2 Å². The summed E-state index contributed by atoms with van der Waals surface area (Å²) >= 11 is 1.29. The van der Waals surface area contributed by atoms with Gasteiger partial charge in [-0.3, -0.25) is 14.6 Å². The lowest BCUT2D eigenvalue weighted by molar-refractivity contribution is -0.118. The lowest BCUT2D eigenvalue weighted by Crippen LogP contribution is -2.39. The third-order valence-corrected chi connectivity index (χ3v) is 9.29. The molecular formula is C25H30FN3O4S2. The number of sulfone groups is 1. The van der Waals surface area contributed by atoms with Crippen LogP contribution in [-0.4, -0.2) is 68.9 Å². The minimum Gasteiger partial charge on any atom is -0.379 e. The molecule has 4 rings (SSSR count). The second kappa shape index (κ2) is 11.1. The average Bonchev–Trinajstić information content (AvgIpc) is 3.28. The van der Waals surface area contributed by atoms with Gasteiger partial charge in [-0.15, -0.1) is 0 Å². The van der Waals surface area contributed by atoms with Gasteiger partial charge in [0.1, 0.15) is 11.3 Å². The fourth-order valence-corrected chi connectivity index (χ4v) is 6.05. The predicted molar refractivity (Wildman–Crippen MR) is 136 cm³/mol. The fraction of sp³-hybridized carbons (Fsp3) is 0.440. The van der Waals surface area contributed by atoms with Crippen LogP contribution in [0.5, 0.6) is 0 Å². The number of morpholine rings is 1. The van der Waals surface area contributed by atoms with E-state index in [-0.39, 0.29) is 22.7 Å². The Morgan fingerprint density at radius 1 is 1.17 bits per heavy atom. The summed E-state index contributed by atoms with van der Waals surface area (Å²) in [5, 5.41) is -0.0487. The number of rotatable bonds is 9. The summed E-state index contributed by atoms with van der Waals surface area (Å²) in [6.45, 7) is 7.72. The van der Waals surface area contributed by atoms with Crippen molar-refractivity contribution in [2.45, 2.75) is 36.8 Å². The van der Waals surface area contributed by atoms with Crippen LogP contribution in [-0.2, 0) is 25.8 Å². The number of hydrogen-bond acceptors (Lipinski definition) is 7. The molecule has 35 heavy (non-hydrogen) atoms. The first-order valence-corrected chi connectivity index (χ1v) is 14.1. The number of aromatic nitrogens is 1. The van der Waals surface area contributed by atoms with E-state index in [1.54, 1.807) is 55.1 Å². The number of halogens is 1. The van der Waals surface area contributed by atoms with Crippen LogP contribution in [0.4, 0.5) is 9.52 Å². The number of carbonyl (C=O) groups excluding carboxylic acids is 1. The topological polar surface area (TPSA) is 79.8 Å². The van der Waals surface area contributed by atoms with Crippen LogP contribution in [0.25, 0.3) is 10.2 Å². The number of para-hydroxylation sites is 1. The summed E-state index contributed by atoms with van der Waals surface area (Å²) in [7, 11) is -3.38. The molecule has 2 aromatic carbocycles. The van der Waals surface area contributed by atoms with Gasteiger partial charge >= 0.3 is 0 Å². The zero-order valence-electron chi connectivity index (χ0n) is 19.9. The summed E-state index contributed by atoms with van der Waals surface area (Å²) < 4.78 is 45.2. The molecule has 188 valence electrons. The minimum absolute atomic E-state index is 0.0952. The maximum absolute atomic E-state index is 14.3. The normalized spacial score (nSPS) is 15.1. The van der Waals surface area contributed by atoms with E-state index < -0.39 is 20.9 Å². The molecule has 0 saturated carbocycles. The van der Waals surface area contributed by atoms with E-state index >= 15 is 0 Å². The van der Waals surface area contributed by atoms with Gasteiger partial charge in [-0.05, 0) is 50.1 Å². The van der Waals surface area contributed by atoms with Crippen molar-refractivity contribution in [3.63, 3.8) is 0 Å². The number of ether oxygens (including phenoxy) is 1. The second-order valence-corrected chi connectivity index (χ2v) is 12.4. The largest absolute Gasteiger partial charge is 0.379 e. The Hall–Kier alpha value is -2.40. The SMILES string of the molecule is CC(C)S(=O)(=O)c1ccc(CC(=O)N(CCCN2CCOCC2)c2nc3c(F)cccc3s2)cc1. The predicted octanol–water partition coefficient (Wildman–Crippen LogP) is 3.92. The van der Waals surface area contributed by atoms with Crippen molar-refractivity contribution in [1.82, 2.24) is 9.88 Å². The highest BCUT2D eigenvalue weighted by atomic mass is 32.2. The molecule has 1 aromatic heterocycles. The standard InChI is InChI=1S/C25H30FN3O4S2/c1-18(2)35(31,32)20-9-7-19(8-10-20)17-23(30)29(12-4-11-28-13-15-33-16-14-28)25-27-24-21(26)5-3-6-22(24)34-25/h3,5-10,18H,4,11-17H2,1-2H3. The molecule has 1 amide bonds. The van der Waals surface area contributed by atoms with Crippen molar-refractivity contribution < 1.29 is 22.3 Å². The van der Waals surface area contributed by atoms with Crippen molar-refractivity contribution in [3.8, 4) is 0 Å². The van der Waals surface area contributed by atoms with Gasteiger partial charge in [0.05, 0.1) is 34.5 Å². The van der Waals surface area contributed by atoms with Crippen molar-refractivity contribution in [2.24, 2.45) is 0 Å². The number of nitrogens with zero attached hydrogens (tertiary/aromatic N) is 3. The zero-order valence-corrected chi connectivity index (χ0v) is 21.6. The van der Waals surface area contributed by atoms with Gasteiger partial charge in [0.2, 0.25) is 5.91 Å². The maximum atomic E-state index is 14.3. The van der Waals surface area contributed by atoms with E-state index in [1.165, 1.54) is 17.4 Å². The number of carbonyl (C=O) groups is 1. The third kappa shape index (κ3) is 6.06. The summed E-state index contributed by atoms with van der Waals surface area (Å²) in [5.41, 5.74) is 0.977.